The van der Waals surface area contributed by atoms with Crippen molar-refractivity contribution in [3.05, 3.63) is 59.4 Å². The smallest absolute Gasteiger partial charge is 0.191 e. The number of nitrogens with one attached hydrogen (secondary N) is 2. The molecule has 3 rings (SSSR count). The zero-order valence-electron chi connectivity index (χ0n) is 16.4. The molecule has 0 unspecified atom stereocenters. The predicted octanol–water partition coefficient (Wildman–Crippen LogP) is 2.11. The molecule has 2 heterocycles. The van der Waals surface area contributed by atoms with Gasteiger partial charge in [0.1, 0.15) is 0 Å². The van der Waals surface area contributed by atoms with E-state index in [1.165, 1.54) is 16.7 Å². The van der Waals surface area contributed by atoms with Crippen molar-refractivity contribution in [1.82, 2.24) is 20.1 Å². The van der Waals surface area contributed by atoms with Crippen molar-refractivity contribution in [3.63, 3.8) is 0 Å². The third-order valence-corrected chi connectivity index (χ3v) is 4.72. The van der Waals surface area contributed by atoms with Crippen LogP contribution in [-0.4, -0.2) is 48.3 Å². The highest BCUT2D eigenvalue weighted by molar-refractivity contribution is 5.79. The largest absolute Gasteiger partial charge is 0.379 e. The van der Waals surface area contributed by atoms with Crippen molar-refractivity contribution in [2.75, 3.05) is 32.8 Å². The maximum Gasteiger partial charge on any atom is 0.191 e. The van der Waals surface area contributed by atoms with Gasteiger partial charge in [-0.2, -0.15) is 0 Å². The molecule has 1 aliphatic rings. The summed E-state index contributed by atoms with van der Waals surface area (Å²) in [6, 6.07) is 10.7. The first-order valence-corrected chi connectivity index (χ1v) is 9.74. The molecular weight excluding hydrogens is 338 g/mol. The lowest BCUT2D eigenvalue weighted by molar-refractivity contribution is 0.0341. The normalized spacial score (nSPS) is 15.7. The van der Waals surface area contributed by atoms with Gasteiger partial charge in [0, 0.05) is 52.2 Å². The summed E-state index contributed by atoms with van der Waals surface area (Å²) >= 11 is 0. The molecule has 0 bridgehead atoms. The van der Waals surface area contributed by atoms with Gasteiger partial charge in [0.05, 0.1) is 19.8 Å². The fourth-order valence-corrected chi connectivity index (χ4v) is 3.23. The molecule has 1 aromatic heterocycles. The second-order valence-electron chi connectivity index (χ2n) is 6.89. The Morgan fingerprint density at radius 3 is 2.59 bits per heavy atom. The van der Waals surface area contributed by atoms with Gasteiger partial charge < -0.3 is 19.9 Å². The number of hydrogen-bond acceptors (Lipinski definition) is 3. The van der Waals surface area contributed by atoms with E-state index in [9.17, 15) is 0 Å². The van der Waals surface area contributed by atoms with E-state index in [1.807, 2.05) is 17.8 Å². The zero-order valence-corrected chi connectivity index (χ0v) is 16.4. The lowest BCUT2D eigenvalue weighted by Crippen LogP contribution is -2.38. The number of morpholine rings is 1. The lowest BCUT2D eigenvalue weighted by Gasteiger charge is -2.27. The summed E-state index contributed by atoms with van der Waals surface area (Å²) in [7, 11) is 2.03. The number of nitrogens with zero attached hydrogens (tertiary/aromatic N) is 3. The highest BCUT2D eigenvalue weighted by atomic mass is 16.5. The molecule has 6 nitrogen and oxygen atoms in total. The van der Waals surface area contributed by atoms with Crippen molar-refractivity contribution in [2.24, 2.45) is 12.0 Å². The Labute approximate surface area is 162 Å². The molecule has 2 aromatic rings. The highest BCUT2D eigenvalue weighted by Crippen LogP contribution is 2.13. The summed E-state index contributed by atoms with van der Waals surface area (Å²) in [6.07, 6.45) is 4.15. The van der Waals surface area contributed by atoms with Gasteiger partial charge in [-0.3, -0.25) is 4.90 Å². The van der Waals surface area contributed by atoms with Crippen LogP contribution < -0.4 is 10.6 Å². The van der Waals surface area contributed by atoms with Gasteiger partial charge in [-0.05, 0) is 29.7 Å². The molecule has 1 aromatic carbocycles. The molecular formula is C21H31N5O. The minimum atomic E-state index is 0.672. The Hall–Kier alpha value is -2.31. The standard InChI is InChI=1S/C21H31N5O/c1-3-22-21(23-14-18-8-9-25(2)16-18)24-15-19-6-4-5-7-20(19)17-26-10-12-27-13-11-26/h4-9,16H,3,10-15,17H2,1-2H3,(H2,22,23,24). The maximum absolute atomic E-state index is 5.46. The van der Waals surface area contributed by atoms with Crippen LogP contribution in [0, 0.1) is 0 Å². The van der Waals surface area contributed by atoms with E-state index >= 15 is 0 Å². The Morgan fingerprint density at radius 1 is 1.11 bits per heavy atom. The van der Waals surface area contributed by atoms with E-state index < -0.39 is 0 Å². The average Bonchev–Trinajstić information content (AvgIpc) is 3.11. The van der Waals surface area contributed by atoms with E-state index in [0.29, 0.717) is 6.54 Å². The first-order chi connectivity index (χ1) is 13.2. The van der Waals surface area contributed by atoms with Gasteiger partial charge in [-0.1, -0.05) is 24.3 Å². The number of guanidine groups is 1. The van der Waals surface area contributed by atoms with Crippen LogP contribution in [0.25, 0.3) is 0 Å². The fourth-order valence-electron chi connectivity index (χ4n) is 3.23. The number of aromatic nitrogens is 1. The number of ether oxygens (including phenoxy) is 1. The summed E-state index contributed by atoms with van der Waals surface area (Å²) in [5.41, 5.74) is 3.89. The second kappa shape index (κ2) is 10.1. The third kappa shape index (κ3) is 6.12. The Balaban J connectivity index is 1.60. The van der Waals surface area contributed by atoms with Crippen molar-refractivity contribution in [2.45, 2.75) is 26.6 Å². The van der Waals surface area contributed by atoms with Gasteiger partial charge >= 0.3 is 0 Å². The van der Waals surface area contributed by atoms with Gasteiger partial charge in [0.2, 0.25) is 0 Å². The average molecular weight is 370 g/mol. The summed E-state index contributed by atoms with van der Waals surface area (Å²) in [5, 5.41) is 6.82. The monoisotopic (exact) mass is 369 g/mol. The Kier molecular flexibility index (Phi) is 7.30. The van der Waals surface area contributed by atoms with Crippen molar-refractivity contribution >= 4 is 5.96 Å². The summed E-state index contributed by atoms with van der Waals surface area (Å²) in [5.74, 6) is 0.850. The van der Waals surface area contributed by atoms with Crippen LogP contribution in [-0.2, 0) is 31.4 Å². The lowest BCUT2D eigenvalue weighted by atomic mass is 10.1. The molecule has 27 heavy (non-hydrogen) atoms. The second-order valence-corrected chi connectivity index (χ2v) is 6.89. The van der Waals surface area contributed by atoms with Crippen LogP contribution >= 0.6 is 0 Å². The number of aliphatic imine (C=N–C) groups is 1. The highest BCUT2D eigenvalue weighted by Gasteiger charge is 2.12. The van der Waals surface area contributed by atoms with E-state index in [1.54, 1.807) is 0 Å². The molecule has 0 atom stereocenters. The maximum atomic E-state index is 5.46. The van der Waals surface area contributed by atoms with Crippen LogP contribution in [0.1, 0.15) is 23.6 Å². The number of hydrogen-bond donors (Lipinski definition) is 2. The van der Waals surface area contributed by atoms with Crippen LogP contribution in [0.5, 0.6) is 0 Å². The minimum absolute atomic E-state index is 0.672. The van der Waals surface area contributed by atoms with Crippen LogP contribution in [0.2, 0.25) is 0 Å². The number of rotatable bonds is 7. The van der Waals surface area contributed by atoms with Crippen molar-refractivity contribution < 1.29 is 4.74 Å². The quantitative estimate of drug-likeness (QED) is 0.580. The molecule has 1 fully saturated rings. The number of aryl methyl sites for hydroxylation is 1. The number of benzene rings is 1. The van der Waals surface area contributed by atoms with E-state index in [2.05, 4.69) is 59.0 Å². The molecule has 0 aliphatic carbocycles. The molecule has 2 N–H and O–H groups in total. The topological polar surface area (TPSA) is 53.8 Å². The van der Waals surface area contributed by atoms with E-state index in [0.717, 1.165) is 51.9 Å². The SMILES string of the molecule is CCNC(=NCc1ccn(C)c1)NCc1ccccc1CN1CCOCC1. The van der Waals surface area contributed by atoms with Crippen LogP contribution in [0.3, 0.4) is 0 Å². The molecule has 1 aliphatic heterocycles. The first-order valence-electron chi connectivity index (χ1n) is 9.74. The van der Waals surface area contributed by atoms with Gasteiger partial charge in [-0.25, -0.2) is 4.99 Å². The molecule has 146 valence electrons. The molecule has 0 saturated carbocycles. The van der Waals surface area contributed by atoms with Crippen molar-refractivity contribution in [1.29, 1.82) is 0 Å². The molecule has 0 radical (unpaired) electrons. The van der Waals surface area contributed by atoms with Crippen LogP contribution in [0.15, 0.2) is 47.7 Å². The van der Waals surface area contributed by atoms with Gasteiger partial charge in [0.15, 0.2) is 5.96 Å². The minimum Gasteiger partial charge on any atom is -0.379 e. The summed E-state index contributed by atoms with van der Waals surface area (Å²) < 4.78 is 7.51. The summed E-state index contributed by atoms with van der Waals surface area (Å²) in [6.45, 7) is 9.01. The zero-order chi connectivity index (χ0) is 18.9. The fraction of sp³-hybridized carbons (Fsp3) is 0.476. The molecule has 0 spiro atoms. The third-order valence-electron chi connectivity index (χ3n) is 4.72. The Morgan fingerprint density at radius 2 is 1.89 bits per heavy atom. The Bertz CT molecular complexity index is 734. The van der Waals surface area contributed by atoms with Gasteiger partial charge in [-0.15, -0.1) is 0 Å². The van der Waals surface area contributed by atoms with Crippen LogP contribution in [0.4, 0.5) is 0 Å². The van der Waals surface area contributed by atoms with Crippen molar-refractivity contribution in [3.8, 4) is 0 Å². The summed E-state index contributed by atoms with van der Waals surface area (Å²) in [4.78, 5) is 7.17. The van der Waals surface area contributed by atoms with E-state index in [4.69, 9.17) is 9.73 Å². The molecule has 1 saturated heterocycles. The van der Waals surface area contributed by atoms with Gasteiger partial charge in [0.25, 0.3) is 0 Å². The predicted molar refractivity (Wildman–Crippen MR) is 110 cm³/mol. The first kappa shape index (κ1) is 19.5. The van der Waals surface area contributed by atoms with E-state index in [-0.39, 0.29) is 0 Å². The molecule has 0 amide bonds. The molecule has 6 heteroatoms.